The second-order valence-electron chi connectivity index (χ2n) is 5.65. The fourth-order valence-electron chi connectivity index (χ4n) is 3.45. The lowest BCUT2D eigenvalue weighted by Gasteiger charge is -2.45. The molecule has 0 amide bonds. The summed E-state index contributed by atoms with van der Waals surface area (Å²) in [4.78, 5) is 2.44. The second kappa shape index (κ2) is 2.52. The van der Waals surface area contributed by atoms with Crippen LogP contribution in [0.2, 0.25) is 0 Å². The van der Waals surface area contributed by atoms with E-state index in [1.54, 1.807) is 0 Å². The third-order valence-electron chi connectivity index (χ3n) is 4.85. The predicted octanol–water partition coefficient (Wildman–Crippen LogP) is 0.465. The number of rotatable bonds is 1. The summed E-state index contributed by atoms with van der Waals surface area (Å²) >= 11 is 0. The van der Waals surface area contributed by atoms with Crippen molar-refractivity contribution in [2.24, 2.45) is 5.73 Å². The third-order valence-corrected chi connectivity index (χ3v) is 4.85. The van der Waals surface area contributed by atoms with Crippen LogP contribution in [0.5, 0.6) is 0 Å². The van der Waals surface area contributed by atoms with Crippen molar-refractivity contribution < 1.29 is 5.11 Å². The summed E-state index contributed by atoms with van der Waals surface area (Å²) < 4.78 is 0. The molecule has 0 spiro atoms. The number of hydrogen-bond acceptors (Lipinski definition) is 3. The normalized spacial score (nSPS) is 50.8. The summed E-state index contributed by atoms with van der Waals surface area (Å²) in [7, 11) is 2.19. The molecule has 3 nitrogen and oxygen atoms in total. The van der Waals surface area contributed by atoms with E-state index in [9.17, 15) is 5.11 Å². The molecular weight excluding hydrogens is 176 g/mol. The van der Waals surface area contributed by atoms with Crippen molar-refractivity contribution in [1.29, 1.82) is 0 Å². The molecule has 3 N–H and O–H groups in total. The molecule has 0 aromatic carbocycles. The molecule has 3 fully saturated rings. The van der Waals surface area contributed by atoms with E-state index in [2.05, 4.69) is 11.9 Å². The van der Waals surface area contributed by atoms with E-state index in [1.807, 2.05) is 0 Å². The molecule has 80 valence electrons. The summed E-state index contributed by atoms with van der Waals surface area (Å²) in [6.07, 6.45) is 6.34. The smallest absolute Gasteiger partial charge is 0.0856 e. The van der Waals surface area contributed by atoms with Crippen LogP contribution in [0.15, 0.2) is 0 Å². The van der Waals surface area contributed by atoms with Gasteiger partial charge in [-0.2, -0.15) is 0 Å². The zero-order chi connectivity index (χ0) is 9.97. The first-order valence-electron chi connectivity index (χ1n) is 5.77. The van der Waals surface area contributed by atoms with Crippen LogP contribution in [0.3, 0.4) is 0 Å². The number of hydrogen-bond donors (Lipinski definition) is 2. The highest BCUT2D eigenvalue weighted by Crippen LogP contribution is 2.52. The monoisotopic (exact) mass is 196 g/mol. The van der Waals surface area contributed by atoms with Crippen molar-refractivity contribution in [2.75, 3.05) is 7.05 Å². The molecule has 0 aromatic heterocycles. The Bertz CT molecular complexity index is 248. The first-order valence-corrected chi connectivity index (χ1v) is 5.77. The van der Waals surface area contributed by atoms with Crippen LogP contribution in [0, 0.1) is 0 Å². The molecule has 2 atom stereocenters. The van der Waals surface area contributed by atoms with Gasteiger partial charge in [0.15, 0.2) is 0 Å². The maximum Gasteiger partial charge on any atom is 0.0856 e. The molecule has 1 saturated carbocycles. The van der Waals surface area contributed by atoms with E-state index >= 15 is 0 Å². The van der Waals surface area contributed by atoms with E-state index in [1.165, 1.54) is 12.8 Å². The van der Waals surface area contributed by atoms with E-state index in [-0.39, 0.29) is 5.54 Å². The van der Waals surface area contributed by atoms with Gasteiger partial charge >= 0.3 is 0 Å². The molecule has 2 unspecified atom stereocenters. The molecule has 0 aromatic rings. The number of nitrogens with zero attached hydrogens (tertiary/aromatic N) is 1. The van der Waals surface area contributed by atoms with Crippen LogP contribution in [-0.4, -0.2) is 40.3 Å². The molecule has 2 bridgehead atoms. The van der Waals surface area contributed by atoms with Crippen LogP contribution < -0.4 is 5.73 Å². The first-order chi connectivity index (χ1) is 6.54. The van der Waals surface area contributed by atoms with E-state index in [0.717, 1.165) is 25.7 Å². The molecular formula is C11H20N2O. The van der Waals surface area contributed by atoms with Gasteiger partial charge in [0.25, 0.3) is 0 Å². The van der Waals surface area contributed by atoms with Crippen LogP contribution in [0.1, 0.15) is 38.5 Å². The van der Waals surface area contributed by atoms with Crippen LogP contribution in [0.4, 0.5) is 0 Å². The van der Waals surface area contributed by atoms with Gasteiger partial charge in [-0.05, 0) is 45.6 Å². The average molecular weight is 196 g/mol. The van der Waals surface area contributed by atoms with Gasteiger partial charge in [0.05, 0.1) is 5.60 Å². The molecule has 2 heterocycles. The number of fused-ring (bicyclic) bond motifs is 2. The fourth-order valence-corrected chi connectivity index (χ4v) is 3.45. The van der Waals surface area contributed by atoms with Crippen molar-refractivity contribution in [2.45, 2.75) is 61.7 Å². The van der Waals surface area contributed by atoms with Crippen molar-refractivity contribution >= 4 is 0 Å². The van der Waals surface area contributed by atoms with Gasteiger partial charge in [-0.1, -0.05) is 0 Å². The Labute approximate surface area is 85.3 Å². The fraction of sp³-hybridized carbons (Fsp3) is 1.00. The summed E-state index contributed by atoms with van der Waals surface area (Å²) in [5.41, 5.74) is 5.41. The summed E-state index contributed by atoms with van der Waals surface area (Å²) in [6.45, 7) is 0. The zero-order valence-electron chi connectivity index (χ0n) is 8.87. The number of aliphatic hydroxyl groups is 1. The Balaban J connectivity index is 1.85. The molecule has 0 radical (unpaired) electrons. The summed E-state index contributed by atoms with van der Waals surface area (Å²) in [5, 5.41) is 10.6. The predicted molar refractivity (Wildman–Crippen MR) is 54.9 cm³/mol. The molecule has 3 aliphatic rings. The summed E-state index contributed by atoms with van der Waals surface area (Å²) in [5.74, 6) is 0. The quantitative estimate of drug-likeness (QED) is 0.641. The zero-order valence-corrected chi connectivity index (χ0v) is 8.87. The maximum atomic E-state index is 10.6. The minimum atomic E-state index is -0.550. The van der Waals surface area contributed by atoms with Gasteiger partial charge < -0.3 is 15.7 Å². The lowest BCUT2D eigenvalue weighted by molar-refractivity contribution is -0.0696. The van der Waals surface area contributed by atoms with Crippen molar-refractivity contribution in [3.8, 4) is 0 Å². The lowest BCUT2D eigenvalue weighted by atomic mass is 9.79. The van der Waals surface area contributed by atoms with Gasteiger partial charge in [0, 0.05) is 17.6 Å². The van der Waals surface area contributed by atoms with E-state index in [0.29, 0.717) is 12.1 Å². The highest BCUT2D eigenvalue weighted by atomic mass is 16.3. The Kier molecular flexibility index (Phi) is 1.64. The SMILES string of the molecule is CN1C2CCC1CC(O)(C1(N)CC1)C2. The van der Waals surface area contributed by atoms with Gasteiger partial charge in [0.1, 0.15) is 0 Å². The lowest BCUT2D eigenvalue weighted by Crippen LogP contribution is -2.59. The van der Waals surface area contributed by atoms with Crippen LogP contribution >= 0.6 is 0 Å². The molecule has 2 aliphatic heterocycles. The van der Waals surface area contributed by atoms with Crippen LogP contribution in [-0.2, 0) is 0 Å². The minimum Gasteiger partial charge on any atom is -0.388 e. The Morgan fingerprint density at radius 2 is 1.71 bits per heavy atom. The van der Waals surface area contributed by atoms with E-state index < -0.39 is 5.60 Å². The molecule has 3 heteroatoms. The Morgan fingerprint density at radius 3 is 2.14 bits per heavy atom. The third kappa shape index (κ3) is 1.03. The molecule has 14 heavy (non-hydrogen) atoms. The topological polar surface area (TPSA) is 49.5 Å². The van der Waals surface area contributed by atoms with Crippen molar-refractivity contribution in [3.63, 3.8) is 0 Å². The van der Waals surface area contributed by atoms with E-state index in [4.69, 9.17) is 5.73 Å². The van der Waals surface area contributed by atoms with Crippen molar-refractivity contribution in [1.82, 2.24) is 4.90 Å². The summed E-state index contributed by atoms with van der Waals surface area (Å²) in [6, 6.07) is 1.17. The highest BCUT2D eigenvalue weighted by Gasteiger charge is 2.60. The highest BCUT2D eigenvalue weighted by molar-refractivity contribution is 5.18. The number of nitrogens with two attached hydrogens (primary N) is 1. The van der Waals surface area contributed by atoms with Gasteiger partial charge in [0.2, 0.25) is 0 Å². The van der Waals surface area contributed by atoms with Gasteiger partial charge in [-0.3, -0.25) is 0 Å². The largest absolute Gasteiger partial charge is 0.388 e. The van der Waals surface area contributed by atoms with Crippen LogP contribution in [0.25, 0.3) is 0 Å². The average Bonchev–Trinajstić information content (AvgIpc) is 2.84. The van der Waals surface area contributed by atoms with Gasteiger partial charge in [-0.25, -0.2) is 0 Å². The second-order valence-corrected chi connectivity index (χ2v) is 5.65. The molecule has 3 rings (SSSR count). The molecule has 1 aliphatic carbocycles. The Morgan fingerprint density at radius 1 is 1.21 bits per heavy atom. The maximum absolute atomic E-state index is 10.6. The Hall–Kier alpha value is -0.120. The number of piperidine rings is 1. The van der Waals surface area contributed by atoms with Gasteiger partial charge in [-0.15, -0.1) is 0 Å². The molecule has 2 saturated heterocycles. The minimum absolute atomic E-state index is 0.227. The standard InChI is InChI=1S/C11H20N2O/c1-13-8-2-3-9(13)7-11(14,6-8)10(12)4-5-10/h8-9,14H,2-7,12H2,1H3. The van der Waals surface area contributed by atoms with Crippen molar-refractivity contribution in [3.05, 3.63) is 0 Å². The first kappa shape index (κ1) is 9.13.